The second kappa shape index (κ2) is 5.15. The second-order valence-corrected chi connectivity index (χ2v) is 4.55. The van der Waals surface area contributed by atoms with Crippen molar-refractivity contribution in [2.75, 3.05) is 0 Å². The average Bonchev–Trinajstić information content (AvgIpc) is 2.38. The molecule has 2 rings (SSSR count). The maximum Gasteiger partial charge on any atom is 0.193 e. The molecule has 1 unspecified atom stereocenters. The van der Waals surface area contributed by atoms with Crippen LogP contribution in [0.15, 0.2) is 48.5 Å². The highest BCUT2D eigenvalue weighted by atomic mass is 16.1. The average molecular weight is 239 g/mol. The number of carbonyl (C=O) groups is 1. The fraction of sp³-hybridized carbons (Fsp3) is 0.188. The van der Waals surface area contributed by atoms with Crippen LogP contribution in [0.3, 0.4) is 0 Å². The zero-order valence-corrected chi connectivity index (χ0v) is 10.7. The first-order valence-electron chi connectivity index (χ1n) is 6.05. The minimum atomic E-state index is -0.00684. The van der Waals surface area contributed by atoms with Crippen molar-refractivity contribution >= 4 is 5.78 Å². The van der Waals surface area contributed by atoms with Gasteiger partial charge in [-0.3, -0.25) is 4.79 Å². The molecule has 0 fully saturated rings. The smallest absolute Gasteiger partial charge is 0.193 e. The normalized spacial score (nSPS) is 12.2. The maximum absolute atomic E-state index is 12.3. The third kappa shape index (κ3) is 2.49. The Kier molecular flexibility index (Phi) is 3.58. The molecule has 0 amide bonds. The van der Waals surface area contributed by atoms with Gasteiger partial charge in [0.2, 0.25) is 0 Å². The third-order valence-electron chi connectivity index (χ3n) is 3.09. The minimum absolute atomic E-state index is 0.00684. The largest absolute Gasteiger partial charge is 0.324 e. The molecule has 0 aliphatic rings. The number of aryl methyl sites for hydroxylation is 1. The maximum atomic E-state index is 12.3. The summed E-state index contributed by atoms with van der Waals surface area (Å²) in [5.74, 6) is 0.0596. The van der Waals surface area contributed by atoms with Crippen molar-refractivity contribution in [1.29, 1.82) is 0 Å². The van der Waals surface area contributed by atoms with E-state index in [1.54, 1.807) is 0 Å². The Hall–Kier alpha value is -1.93. The predicted molar refractivity (Wildman–Crippen MR) is 73.7 cm³/mol. The van der Waals surface area contributed by atoms with E-state index >= 15 is 0 Å². The molecule has 0 bridgehead atoms. The molecule has 2 aromatic carbocycles. The van der Waals surface area contributed by atoms with Crippen molar-refractivity contribution in [3.8, 4) is 0 Å². The summed E-state index contributed by atoms with van der Waals surface area (Å²) in [5, 5.41) is 0. The first-order chi connectivity index (χ1) is 8.59. The summed E-state index contributed by atoms with van der Waals surface area (Å²) in [6.07, 6.45) is 0. The molecule has 92 valence electrons. The number of hydrogen-bond donors (Lipinski definition) is 1. The van der Waals surface area contributed by atoms with Crippen molar-refractivity contribution in [2.24, 2.45) is 5.73 Å². The number of nitrogens with two attached hydrogens (primary N) is 1. The van der Waals surface area contributed by atoms with Crippen LogP contribution in [0.1, 0.15) is 40.0 Å². The van der Waals surface area contributed by atoms with E-state index in [9.17, 15) is 4.79 Å². The lowest BCUT2D eigenvalue weighted by Gasteiger charge is -2.08. The highest BCUT2D eigenvalue weighted by Crippen LogP contribution is 2.16. The van der Waals surface area contributed by atoms with Crippen LogP contribution < -0.4 is 5.73 Å². The van der Waals surface area contributed by atoms with E-state index in [0.29, 0.717) is 5.56 Å². The van der Waals surface area contributed by atoms with Gasteiger partial charge < -0.3 is 5.73 Å². The fourth-order valence-corrected chi connectivity index (χ4v) is 1.92. The zero-order valence-electron chi connectivity index (χ0n) is 10.7. The summed E-state index contributed by atoms with van der Waals surface area (Å²) in [5.41, 5.74) is 9.29. The van der Waals surface area contributed by atoms with Gasteiger partial charge in [0, 0.05) is 17.2 Å². The molecule has 0 aliphatic heterocycles. The zero-order chi connectivity index (χ0) is 13.1. The van der Waals surface area contributed by atoms with Crippen molar-refractivity contribution in [3.05, 3.63) is 70.8 Å². The van der Waals surface area contributed by atoms with Crippen LogP contribution in [0, 0.1) is 6.92 Å². The lowest BCUT2D eigenvalue weighted by atomic mass is 9.97. The summed E-state index contributed by atoms with van der Waals surface area (Å²) in [6.45, 7) is 3.88. The van der Waals surface area contributed by atoms with Gasteiger partial charge in [-0.25, -0.2) is 0 Å². The molecule has 2 aromatic rings. The number of benzene rings is 2. The molecule has 0 radical (unpaired) electrons. The van der Waals surface area contributed by atoms with Crippen LogP contribution in [0.4, 0.5) is 0 Å². The van der Waals surface area contributed by atoms with Gasteiger partial charge in [0.1, 0.15) is 0 Å². The summed E-state index contributed by atoms with van der Waals surface area (Å²) in [4.78, 5) is 12.3. The molecule has 2 heteroatoms. The highest BCUT2D eigenvalue weighted by Gasteiger charge is 2.11. The van der Waals surface area contributed by atoms with Gasteiger partial charge >= 0.3 is 0 Å². The SMILES string of the molecule is Cc1ccccc1C(=O)c1ccc(C(C)N)cc1. The summed E-state index contributed by atoms with van der Waals surface area (Å²) >= 11 is 0. The molecular weight excluding hydrogens is 222 g/mol. The van der Waals surface area contributed by atoms with Crippen molar-refractivity contribution in [1.82, 2.24) is 0 Å². The molecule has 0 saturated heterocycles. The summed E-state index contributed by atoms with van der Waals surface area (Å²) in [7, 11) is 0. The fourth-order valence-electron chi connectivity index (χ4n) is 1.92. The lowest BCUT2D eigenvalue weighted by Crippen LogP contribution is -2.07. The quantitative estimate of drug-likeness (QED) is 0.835. The van der Waals surface area contributed by atoms with Crippen LogP contribution in [0.5, 0.6) is 0 Å². The van der Waals surface area contributed by atoms with Gasteiger partial charge in [0.15, 0.2) is 5.78 Å². The first-order valence-corrected chi connectivity index (χ1v) is 6.05. The molecule has 0 spiro atoms. The van der Waals surface area contributed by atoms with Crippen LogP contribution >= 0.6 is 0 Å². The number of carbonyl (C=O) groups excluding carboxylic acids is 1. The molecule has 1 atom stereocenters. The van der Waals surface area contributed by atoms with Gasteiger partial charge in [-0.05, 0) is 25.0 Å². The van der Waals surface area contributed by atoms with E-state index in [4.69, 9.17) is 5.73 Å². The molecule has 0 aromatic heterocycles. The first kappa shape index (κ1) is 12.5. The van der Waals surface area contributed by atoms with E-state index in [0.717, 1.165) is 16.7 Å². The number of hydrogen-bond acceptors (Lipinski definition) is 2. The Labute approximate surface area is 107 Å². The Balaban J connectivity index is 2.32. The molecule has 18 heavy (non-hydrogen) atoms. The standard InChI is InChI=1S/C16H17NO/c1-11-5-3-4-6-15(11)16(18)14-9-7-13(8-10-14)12(2)17/h3-10,12H,17H2,1-2H3. The minimum Gasteiger partial charge on any atom is -0.324 e. The molecule has 0 aliphatic carbocycles. The lowest BCUT2D eigenvalue weighted by molar-refractivity contribution is 0.103. The van der Waals surface area contributed by atoms with Gasteiger partial charge in [0.05, 0.1) is 0 Å². The van der Waals surface area contributed by atoms with Crippen molar-refractivity contribution in [2.45, 2.75) is 19.9 Å². The van der Waals surface area contributed by atoms with E-state index in [1.165, 1.54) is 0 Å². The van der Waals surface area contributed by atoms with Gasteiger partial charge in [0.25, 0.3) is 0 Å². The van der Waals surface area contributed by atoms with E-state index in [1.807, 2.05) is 62.4 Å². The number of ketones is 1. The number of rotatable bonds is 3. The Morgan fingerprint density at radius 1 is 1.06 bits per heavy atom. The van der Waals surface area contributed by atoms with Crippen LogP contribution in [0.25, 0.3) is 0 Å². The van der Waals surface area contributed by atoms with Gasteiger partial charge in [-0.2, -0.15) is 0 Å². The van der Waals surface area contributed by atoms with Crippen molar-refractivity contribution in [3.63, 3.8) is 0 Å². The highest BCUT2D eigenvalue weighted by molar-refractivity contribution is 6.09. The van der Waals surface area contributed by atoms with Gasteiger partial charge in [-0.15, -0.1) is 0 Å². The molecular formula is C16H17NO. The monoisotopic (exact) mass is 239 g/mol. The topological polar surface area (TPSA) is 43.1 Å². The third-order valence-corrected chi connectivity index (χ3v) is 3.09. The van der Waals surface area contributed by atoms with E-state index < -0.39 is 0 Å². The van der Waals surface area contributed by atoms with E-state index in [-0.39, 0.29) is 11.8 Å². The molecule has 2 nitrogen and oxygen atoms in total. The molecule has 0 heterocycles. The van der Waals surface area contributed by atoms with Gasteiger partial charge in [-0.1, -0.05) is 48.5 Å². The van der Waals surface area contributed by atoms with Crippen LogP contribution in [0.2, 0.25) is 0 Å². The second-order valence-electron chi connectivity index (χ2n) is 4.55. The van der Waals surface area contributed by atoms with Crippen molar-refractivity contribution < 1.29 is 4.79 Å². The van der Waals surface area contributed by atoms with Crippen LogP contribution in [-0.2, 0) is 0 Å². The molecule has 2 N–H and O–H groups in total. The summed E-state index contributed by atoms with van der Waals surface area (Å²) < 4.78 is 0. The Morgan fingerprint density at radius 3 is 2.22 bits per heavy atom. The predicted octanol–water partition coefficient (Wildman–Crippen LogP) is 3.25. The Bertz CT molecular complexity index is 556. The van der Waals surface area contributed by atoms with E-state index in [2.05, 4.69) is 0 Å². The Morgan fingerprint density at radius 2 is 1.67 bits per heavy atom. The molecule has 0 saturated carbocycles. The summed E-state index contributed by atoms with van der Waals surface area (Å²) in [6, 6.07) is 15.1. The van der Waals surface area contributed by atoms with Crippen LogP contribution in [-0.4, -0.2) is 5.78 Å².